The number of aliphatic imine (C=N–C) groups is 2. The van der Waals surface area contributed by atoms with Crippen LogP contribution in [0.25, 0.3) is 10.8 Å². The zero-order valence-corrected chi connectivity index (χ0v) is 72.6. The third-order valence-corrected chi connectivity index (χ3v) is 23.3. The largest absolute Gasteiger partial charge is 0.370 e. The van der Waals surface area contributed by atoms with Crippen molar-refractivity contribution in [3.63, 3.8) is 0 Å². The van der Waals surface area contributed by atoms with E-state index in [2.05, 4.69) is 63.2 Å². The number of amides is 12. The third-order valence-electron chi connectivity index (χ3n) is 23.3. The summed E-state index contributed by atoms with van der Waals surface area (Å²) in [6.07, 6.45) is 3.86. The van der Waals surface area contributed by atoms with Crippen molar-refractivity contribution in [2.45, 2.75) is 203 Å². The summed E-state index contributed by atoms with van der Waals surface area (Å²) in [5.41, 5.74) is 26.9. The molecule has 7 aromatic carbocycles. The number of guanidine groups is 2. The number of fused-ring (bicyclic) bond motifs is 3. The van der Waals surface area contributed by atoms with Crippen molar-refractivity contribution < 1.29 is 67.1 Å². The minimum atomic E-state index is -1.16. The lowest BCUT2D eigenvalue weighted by molar-refractivity contribution is -0.142. The van der Waals surface area contributed by atoms with Gasteiger partial charge in [0, 0.05) is 110 Å². The predicted molar refractivity (Wildman–Crippen MR) is 485 cm³/mol. The van der Waals surface area contributed by atoms with E-state index in [9.17, 15) is 67.1 Å². The fourth-order valence-corrected chi connectivity index (χ4v) is 16.7. The fraction of sp³-hybridized carbons (Fsp3) is 0.417. The van der Waals surface area contributed by atoms with Crippen LogP contribution in [0.5, 0.6) is 0 Å². The maximum Gasteiger partial charge on any atom is 0.245 e. The molecule has 4 heterocycles. The number of nitrogens with one attached hydrogen (secondary N) is 10. The standard InChI is InChI=1S/C50H61N9O7.C46H59N9O7/c1-32(60)55-41(28-33-14-4-2-5-15-33)46(63)56-39-23-12-25-53-45(62)37(21-11-26-54-50(51)52)31-44(61)40(30-36-20-10-19-35-18-8-9-22-38(35)36)57-47(64)42(29-34-16-6-3-7-17-34)58-48(65)43-24-13-27-59(43)49(39)66;1-30(56)51-37(27-32-16-7-3-8-17-32)42(59)52-35-21-12-23-49-41(58)34(20-11-24-50-46(47)48)29-40(57)36(26-31-14-5-2-6-15-31)53-43(60)38(28-33-18-9-4-10-19-33)54-44(61)39-22-13-25-55(39)45(35)62/h2-10,14-20,22,37,39-43H,11-13,21,23-31H2,1H3,(H,53,62)(H,55,60)(H,56,63)(H,57,64)(H,58,65)(H4,51,52,54);2-10,14-19,34-39H,11-13,20-29H2,1H3,(H,49,58)(H,51,56)(H,52,59)(H,53,60)(H,54,61)(H4,47,48,50)/t37-,39+,40+,41+,42-,43+;34-,35+,36+,37+,38-,39+/m11/s1. The van der Waals surface area contributed by atoms with Gasteiger partial charge >= 0.3 is 0 Å². The molecule has 4 aliphatic rings. The van der Waals surface area contributed by atoms with Gasteiger partial charge in [0.15, 0.2) is 23.5 Å². The first kappa shape index (κ1) is 96.5. The molecule has 0 bridgehead atoms. The molecule has 0 aliphatic carbocycles. The number of hydrogen-bond donors (Lipinski definition) is 14. The number of rotatable bonds is 26. The number of Topliss-reactive ketones (excluding diaryl/α,β-unsaturated/α-hetero) is 2. The molecular weight excluding hydrogens is 1630 g/mol. The highest BCUT2D eigenvalue weighted by atomic mass is 16.2. The van der Waals surface area contributed by atoms with Crippen LogP contribution < -0.4 is 76.1 Å². The van der Waals surface area contributed by atoms with Crippen molar-refractivity contribution in [2.24, 2.45) is 44.8 Å². The summed E-state index contributed by atoms with van der Waals surface area (Å²) in [6, 6.07) is 48.6. The molecule has 4 aliphatic heterocycles. The molecule has 32 heteroatoms. The van der Waals surface area contributed by atoms with Crippen LogP contribution >= 0.6 is 0 Å². The Morgan fingerprint density at radius 2 is 0.750 bits per heavy atom. The Kier molecular flexibility index (Phi) is 37.2. The molecule has 128 heavy (non-hydrogen) atoms. The molecule has 11 rings (SSSR count). The number of nitrogens with two attached hydrogens (primary N) is 4. The monoisotopic (exact) mass is 1750 g/mol. The van der Waals surface area contributed by atoms with Crippen molar-refractivity contribution in [1.29, 1.82) is 0 Å². The van der Waals surface area contributed by atoms with Crippen molar-refractivity contribution in [3.8, 4) is 0 Å². The number of carbonyl (C=O) groups excluding carboxylic acids is 14. The summed E-state index contributed by atoms with van der Waals surface area (Å²) in [6.45, 7) is 3.71. The first-order valence-electron chi connectivity index (χ1n) is 44.1. The van der Waals surface area contributed by atoms with E-state index in [0.29, 0.717) is 38.5 Å². The molecule has 4 fully saturated rings. The molecule has 7 aromatic rings. The van der Waals surface area contributed by atoms with Gasteiger partial charge in [-0.3, -0.25) is 77.1 Å². The van der Waals surface area contributed by atoms with Gasteiger partial charge in [-0.25, -0.2) is 0 Å². The minimum Gasteiger partial charge on any atom is -0.370 e. The lowest BCUT2D eigenvalue weighted by Gasteiger charge is -2.31. The zero-order valence-electron chi connectivity index (χ0n) is 72.6. The molecule has 0 aromatic heterocycles. The zero-order chi connectivity index (χ0) is 91.4. The molecule has 678 valence electrons. The number of hydrogen-bond acceptors (Lipinski definition) is 16. The number of nitrogens with zero attached hydrogens (tertiary/aromatic N) is 4. The van der Waals surface area contributed by atoms with Gasteiger partial charge in [0.1, 0.15) is 48.3 Å². The highest BCUT2D eigenvalue weighted by molar-refractivity contribution is 6.01. The molecule has 0 spiro atoms. The molecule has 4 saturated heterocycles. The average Bonchev–Trinajstić information content (AvgIpc) is 1.46. The van der Waals surface area contributed by atoms with Gasteiger partial charge in [0.25, 0.3) is 0 Å². The first-order valence-corrected chi connectivity index (χ1v) is 44.1. The summed E-state index contributed by atoms with van der Waals surface area (Å²) in [5.74, 6) is -8.73. The first-order chi connectivity index (χ1) is 61.7. The Morgan fingerprint density at radius 3 is 1.14 bits per heavy atom. The van der Waals surface area contributed by atoms with Crippen LogP contribution in [0.3, 0.4) is 0 Å². The van der Waals surface area contributed by atoms with Crippen LogP contribution in [0, 0.1) is 11.8 Å². The van der Waals surface area contributed by atoms with Gasteiger partial charge < -0.3 is 85.9 Å². The molecule has 0 radical (unpaired) electrons. The normalized spacial score (nSPS) is 21.8. The maximum atomic E-state index is 14.6. The second-order valence-electron chi connectivity index (χ2n) is 33.0. The Morgan fingerprint density at radius 1 is 0.398 bits per heavy atom. The molecule has 0 saturated carbocycles. The SMILES string of the molecule is CC(=O)N[C@@H](Cc1ccccc1)C(=O)N[C@H]1CCCNC(=O)[C@H](CCCN=C(N)N)CC(=O)[C@H](Cc2cccc3ccccc23)NC(=O)[C@@H](Cc2ccccc2)NC(=O)[C@@H]2CCCN2C1=O.CC(=O)N[C@@H](Cc1ccccc1)C(=O)N[C@H]1CCCNC(=O)[C@H](CCCN=C(N)N)CC(=O)[C@H](Cc2ccccc2)NC(=O)[C@@H](Cc2ccccc2)NC(=O)[C@@H]2CCCN2C1=O. The molecule has 12 atom stereocenters. The van der Waals surface area contributed by atoms with Crippen LogP contribution in [-0.2, 0) is 106 Å². The molecular formula is C96H120N18O14. The summed E-state index contributed by atoms with van der Waals surface area (Å²) in [5, 5.41) is 30.6. The van der Waals surface area contributed by atoms with Gasteiger partial charge in [-0.15, -0.1) is 0 Å². The van der Waals surface area contributed by atoms with Crippen LogP contribution in [0.15, 0.2) is 204 Å². The van der Waals surface area contributed by atoms with Crippen LogP contribution in [0.4, 0.5) is 0 Å². The smallest absolute Gasteiger partial charge is 0.245 e. The molecule has 32 nitrogen and oxygen atoms in total. The van der Waals surface area contributed by atoms with E-state index in [4.69, 9.17) is 22.9 Å². The Balaban J connectivity index is 0.000000267. The summed E-state index contributed by atoms with van der Waals surface area (Å²) in [7, 11) is 0. The minimum absolute atomic E-state index is 0.0774. The van der Waals surface area contributed by atoms with Crippen LogP contribution in [0.2, 0.25) is 0 Å². The van der Waals surface area contributed by atoms with Gasteiger partial charge in [0.05, 0.1) is 12.1 Å². The summed E-state index contributed by atoms with van der Waals surface area (Å²) < 4.78 is 0. The van der Waals surface area contributed by atoms with Crippen LogP contribution in [-0.4, -0.2) is 204 Å². The summed E-state index contributed by atoms with van der Waals surface area (Å²) >= 11 is 0. The van der Waals surface area contributed by atoms with Gasteiger partial charge in [0.2, 0.25) is 70.9 Å². The number of ketones is 2. The van der Waals surface area contributed by atoms with Gasteiger partial charge in [-0.05, 0) is 128 Å². The van der Waals surface area contributed by atoms with Crippen molar-refractivity contribution >= 4 is 105 Å². The van der Waals surface area contributed by atoms with E-state index in [1.165, 1.54) is 23.6 Å². The van der Waals surface area contributed by atoms with Crippen molar-refractivity contribution in [1.82, 2.24) is 63.0 Å². The highest BCUT2D eigenvalue weighted by Gasteiger charge is 2.43. The second kappa shape index (κ2) is 49.3. The quantitative estimate of drug-likeness (QED) is 0.0209. The van der Waals surface area contributed by atoms with Gasteiger partial charge in [-0.2, -0.15) is 0 Å². The molecule has 12 amide bonds. The van der Waals surface area contributed by atoms with E-state index >= 15 is 0 Å². The number of carbonyl (C=O) groups is 14. The average molecular weight is 1750 g/mol. The molecule has 18 N–H and O–H groups in total. The lowest BCUT2D eigenvalue weighted by Crippen LogP contribution is -2.59. The second-order valence-corrected chi connectivity index (χ2v) is 33.0. The van der Waals surface area contributed by atoms with E-state index in [0.717, 1.165) is 44.2 Å². The third kappa shape index (κ3) is 30.0. The van der Waals surface area contributed by atoms with E-state index in [-0.39, 0.29) is 153 Å². The lowest BCUT2D eigenvalue weighted by atomic mass is 9.89. The highest BCUT2D eigenvalue weighted by Crippen LogP contribution is 2.27. The summed E-state index contributed by atoms with van der Waals surface area (Å²) in [4.78, 5) is 207. The van der Waals surface area contributed by atoms with E-state index in [1.807, 2.05) is 194 Å². The predicted octanol–water partition coefficient (Wildman–Crippen LogP) is 3.56. The fourth-order valence-electron chi connectivity index (χ4n) is 16.7. The van der Waals surface area contributed by atoms with Crippen molar-refractivity contribution in [3.05, 3.63) is 228 Å². The van der Waals surface area contributed by atoms with E-state index < -0.39 is 143 Å². The van der Waals surface area contributed by atoms with E-state index in [1.54, 1.807) is 0 Å². The maximum absolute atomic E-state index is 14.6. The Labute approximate surface area is 745 Å². The van der Waals surface area contributed by atoms with Gasteiger partial charge in [-0.1, -0.05) is 194 Å². The molecule has 0 unspecified atom stereocenters. The van der Waals surface area contributed by atoms with Crippen molar-refractivity contribution in [2.75, 3.05) is 39.3 Å². The Hall–Kier alpha value is -13.7. The topological polar surface area (TPSA) is 495 Å². The number of benzene rings is 7. The van der Waals surface area contributed by atoms with Crippen LogP contribution in [0.1, 0.15) is 137 Å². The Bertz CT molecular complexity index is 5020.